The minimum Gasteiger partial charge on any atom is -0.477 e. The van der Waals surface area contributed by atoms with Crippen LogP contribution in [0.1, 0.15) is 66.2 Å². The van der Waals surface area contributed by atoms with Gasteiger partial charge in [0.05, 0.1) is 0 Å². The monoisotopic (exact) mass is 481 g/mol. The van der Waals surface area contributed by atoms with Gasteiger partial charge in [-0.1, -0.05) is 67.3 Å². The molecule has 2 aromatic carbocycles. The van der Waals surface area contributed by atoms with E-state index in [9.17, 15) is 19.5 Å². The van der Waals surface area contributed by atoms with Crippen molar-refractivity contribution in [2.75, 3.05) is 0 Å². The molecule has 1 atom stereocenters. The van der Waals surface area contributed by atoms with Crippen LogP contribution in [0.15, 0.2) is 48.5 Å². The zero-order chi connectivity index (χ0) is 24.1. The van der Waals surface area contributed by atoms with Gasteiger partial charge in [0, 0.05) is 34.0 Å². The van der Waals surface area contributed by atoms with Gasteiger partial charge in [-0.3, -0.25) is 9.59 Å². The molecule has 3 aromatic rings. The lowest BCUT2D eigenvalue weighted by atomic mass is 9.94. The predicted octanol–water partition coefficient (Wildman–Crippen LogP) is 4.76. The number of carbonyl (C=O) groups excluding carboxylic acids is 2. The number of amides is 2. The third-order valence-corrected chi connectivity index (χ3v) is 6.54. The van der Waals surface area contributed by atoms with Crippen LogP contribution in [0.25, 0.3) is 10.9 Å². The highest BCUT2D eigenvalue weighted by Crippen LogP contribution is 2.31. The van der Waals surface area contributed by atoms with E-state index in [1.807, 2.05) is 30.3 Å². The van der Waals surface area contributed by atoms with E-state index >= 15 is 0 Å². The third kappa shape index (κ3) is 5.59. The number of carbonyl (C=O) groups is 3. The number of aromatic amines is 1. The van der Waals surface area contributed by atoms with E-state index < -0.39 is 17.9 Å². The molecule has 0 saturated heterocycles. The van der Waals surface area contributed by atoms with Crippen molar-refractivity contribution in [3.05, 3.63) is 70.4 Å². The van der Waals surface area contributed by atoms with Crippen molar-refractivity contribution >= 4 is 40.3 Å². The topological polar surface area (TPSA) is 111 Å². The first kappa shape index (κ1) is 23.8. The number of H-pyrrole nitrogens is 1. The molecule has 1 saturated carbocycles. The van der Waals surface area contributed by atoms with E-state index in [-0.39, 0.29) is 29.6 Å². The van der Waals surface area contributed by atoms with Crippen molar-refractivity contribution in [2.45, 2.75) is 57.0 Å². The van der Waals surface area contributed by atoms with Crippen LogP contribution >= 0.6 is 11.6 Å². The summed E-state index contributed by atoms with van der Waals surface area (Å²) in [6.07, 6.45) is 5.63. The second kappa shape index (κ2) is 10.7. The number of benzene rings is 2. The van der Waals surface area contributed by atoms with Crippen LogP contribution in [0.2, 0.25) is 5.02 Å². The summed E-state index contributed by atoms with van der Waals surface area (Å²) in [5, 5.41) is 16.7. The summed E-state index contributed by atoms with van der Waals surface area (Å²) in [6.45, 7) is 0. The summed E-state index contributed by atoms with van der Waals surface area (Å²) >= 11 is 6.10. The van der Waals surface area contributed by atoms with Gasteiger partial charge in [-0.05, 0) is 37.0 Å². The Balaban J connectivity index is 1.64. The van der Waals surface area contributed by atoms with Gasteiger partial charge < -0.3 is 20.7 Å². The minimum atomic E-state index is -1.21. The summed E-state index contributed by atoms with van der Waals surface area (Å²) < 4.78 is 0. The number of hydrogen-bond donors (Lipinski definition) is 4. The van der Waals surface area contributed by atoms with Gasteiger partial charge >= 0.3 is 5.97 Å². The highest BCUT2D eigenvalue weighted by Gasteiger charge is 2.32. The Bertz CT molecular complexity index is 1190. The quantitative estimate of drug-likeness (QED) is 0.371. The Labute approximate surface area is 202 Å². The summed E-state index contributed by atoms with van der Waals surface area (Å²) in [5.74, 6) is -1.94. The molecule has 4 rings (SSSR count). The molecule has 178 valence electrons. The largest absolute Gasteiger partial charge is 0.477 e. The average Bonchev–Trinajstić information content (AvgIpc) is 3.21. The lowest BCUT2D eigenvalue weighted by Gasteiger charge is -2.26. The molecule has 8 heteroatoms. The number of carboxylic acid groups (broad SMARTS) is 1. The Morgan fingerprint density at radius 3 is 2.50 bits per heavy atom. The standard InChI is InChI=1S/C26H28ClN3O4/c27-17-12-13-19-20(15-17)29-24(26(33)34)22(19)23(25(32)28-18-9-5-2-6-10-18)30-21(31)14-11-16-7-3-1-4-8-16/h1,3-4,7-8,12-13,15,18,23,29H,2,5-6,9-11,14H2,(H,28,32)(H,30,31)(H,33,34). The number of carboxylic acids is 1. The molecule has 1 aliphatic carbocycles. The fraction of sp³-hybridized carbons (Fsp3) is 0.346. The zero-order valence-electron chi connectivity index (χ0n) is 18.8. The first-order valence-corrected chi connectivity index (χ1v) is 12.0. The van der Waals surface area contributed by atoms with Crippen molar-refractivity contribution in [3.8, 4) is 0 Å². The van der Waals surface area contributed by atoms with E-state index in [1.54, 1.807) is 18.2 Å². The molecule has 1 unspecified atom stereocenters. The molecule has 7 nitrogen and oxygen atoms in total. The lowest BCUT2D eigenvalue weighted by Crippen LogP contribution is -2.45. The van der Waals surface area contributed by atoms with Gasteiger partial charge in [0.2, 0.25) is 11.8 Å². The second-order valence-corrected chi connectivity index (χ2v) is 9.17. The Kier molecular flexibility index (Phi) is 7.53. The van der Waals surface area contributed by atoms with Gasteiger partial charge in [-0.2, -0.15) is 0 Å². The summed E-state index contributed by atoms with van der Waals surface area (Å²) in [4.78, 5) is 41.3. The minimum absolute atomic E-state index is 0.0119. The lowest BCUT2D eigenvalue weighted by molar-refractivity contribution is -0.129. The number of aromatic carboxylic acids is 1. The predicted molar refractivity (Wildman–Crippen MR) is 131 cm³/mol. The van der Waals surface area contributed by atoms with E-state index in [1.165, 1.54) is 0 Å². The Morgan fingerprint density at radius 2 is 1.79 bits per heavy atom. The number of aromatic nitrogens is 1. The van der Waals surface area contributed by atoms with Crippen LogP contribution in [0.5, 0.6) is 0 Å². The van der Waals surface area contributed by atoms with Crippen LogP contribution in [0.3, 0.4) is 0 Å². The molecule has 34 heavy (non-hydrogen) atoms. The molecule has 4 N–H and O–H groups in total. The SMILES string of the molecule is O=C(CCc1ccccc1)NC(C(=O)NC1CCCCC1)c1c(C(=O)O)[nH]c2cc(Cl)ccc12. The molecular formula is C26H28ClN3O4. The maximum absolute atomic E-state index is 13.4. The van der Waals surface area contributed by atoms with Crippen molar-refractivity contribution in [3.63, 3.8) is 0 Å². The number of aryl methyl sites for hydroxylation is 1. The number of rotatable bonds is 8. The zero-order valence-corrected chi connectivity index (χ0v) is 19.5. The Morgan fingerprint density at radius 1 is 1.06 bits per heavy atom. The van der Waals surface area contributed by atoms with Gasteiger partial charge in [0.1, 0.15) is 11.7 Å². The van der Waals surface area contributed by atoms with Crippen molar-refractivity contribution in [1.29, 1.82) is 0 Å². The number of nitrogens with one attached hydrogen (secondary N) is 3. The fourth-order valence-electron chi connectivity index (χ4n) is 4.60. The average molecular weight is 482 g/mol. The molecule has 1 heterocycles. The number of halogens is 1. The fourth-order valence-corrected chi connectivity index (χ4v) is 4.77. The van der Waals surface area contributed by atoms with Gasteiger partial charge in [0.15, 0.2) is 0 Å². The molecule has 1 fully saturated rings. The molecule has 0 radical (unpaired) electrons. The molecule has 0 aliphatic heterocycles. The number of hydrogen-bond acceptors (Lipinski definition) is 3. The highest BCUT2D eigenvalue weighted by atomic mass is 35.5. The summed E-state index contributed by atoms with van der Waals surface area (Å²) in [7, 11) is 0. The maximum Gasteiger partial charge on any atom is 0.352 e. The first-order valence-electron chi connectivity index (χ1n) is 11.6. The normalized spacial score (nSPS) is 15.1. The van der Waals surface area contributed by atoms with Crippen LogP contribution in [0.4, 0.5) is 0 Å². The van der Waals surface area contributed by atoms with Crippen LogP contribution in [0, 0.1) is 0 Å². The molecule has 1 aromatic heterocycles. The second-order valence-electron chi connectivity index (χ2n) is 8.74. The molecule has 0 spiro atoms. The smallest absolute Gasteiger partial charge is 0.352 e. The third-order valence-electron chi connectivity index (χ3n) is 6.31. The molecule has 0 bridgehead atoms. The van der Waals surface area contributed by atoms with Crippen molar-refractivity contribution < 1.29 is 19.5 Å². The number of fused-ring (bicyclic) bond motifs is 1. The van der Waals surface area contributed by atoms with Crippen LogP contribution in [-0.2, 0) is 16.0 Å². The van der Waals surface area contributed by atoms with Crippen LogP contribution in [-0.4, -0.2) is 33.9 Å². The summed E-state index contributed by atoms with van der Waals surface area (Å²) in [5.41, 5.74) is 1.60. The molecular weight excluding hydrogens is 454 g/mol. The van der Waals surface area contributed by atoms with E-state index in [0.29, 0.717) is 22.3 Å². The van der Waals surface area contributed by atoms with Crippen molar-refractivity contribution in [1.82, 2.24) is 15.6 Å². The van der Waals surface area contributed by atoms with Crippen molar-refractivity contribution in [2.24, 2.45) is 0 Å². The van der Waals surface area contributed by atoms with Gasteiger partial charge in [-0.15, -0.1) is 0 Å². The van der Waals surface area contributed by atoms with E-state index in [2.05, 4.69) is 15.6 Å². The summed E-state index contributed by atoms with van der Waals surface area (Å²) in [6, 6.07) is 13.4. The van der Waals surface area contributed by atoms with Gasteiger partial charge in [0.25, 0.3) is 0 Å². The van der Waals surface area contributed by atoms with E-state index in [4.69, 9.17) is 11.6 Å². The van der Waals surface area contributed by atoms with E-state index in [0.717, 1.165) is 37.7 Å². The molecule has 1 aliphatic rings. The first-order chi connectivity index (χ1) is 16.4. The highest BCUT2D eigenvalue weighted by molar-refractivity contribution is 6.31. The van der Waals surface area contributed by atoms with Gasteiger partial charge in [-0.25, -0.2) is 4.79 Å². The maximum atomic E-state index is 13.4. The molecule has 2 amide bonds. The van der Waals surface area contributed by atoms with Crippen LogP contribution < -0.4 is 10.6 Å². The Hall–Kier alpha value is -3.32.